The number of rotatable bonds is 6. The predicted molar refractivity (Wildman–Crippen MR) is 98.6 cm³/mol. The van der Waals surface area contributed by atoms with Crippen molar-refractivity contribution in [2.24, 2.45) is 0 Å². The zero-order valence-electron chi connectivity index (χ0n) is 14.6. The molecule has 2 aromatic rings. The summed E-state index contributed by atoms with van der Waals surface area (Å²) in [5, 5.41) is 0. The first-order chi connectivity index (χ1) is 11.7. The van der Waals surface area contributed by atoms with Gasteiger partial charge in [-0.05, 0) is 60.4 Å². The number of benzene rings is 2. The Morgan fingerprint density at radius 1 is 1.08 bits per heavy atom. The Morgan fingerprint density at radius 3 is 2.54 bits per heavy atom. The van der Waals surface area contributed by atoms with Gasteiger partial charge in [0.25, 0.3) is 0 Å². The molecule has 0 aliphatic heterocycles. The smallest absolute Gasteiger partial charge is 0.127 e. The minimum absolute atomic E-state index is 0.326. The van der Waals surface area contributed by atoms with Gasteiger partial charge in [0.2, 0.25) is 0 Å². The number of carbonyl (C=O) groups excluding carboxylic acids is 1. The Morgan fingerprint density at radius 2 is 1.83 bits per heavy atom. The fraction of sp³-hybridized carbons (Fsp3) is 0.409. The highest BCUT2D eigenvalue weighted by atomic mass is 16.5. The van der Waals surface area contributed by atoms with Gasteiger partial charge in [-0.2, -0.15) is 0 Å². The number of hydrogen-bond donors (Lipinski definition) is 0. The number of ether oxygens (including phenoxy) is 1. The maximum atomic E-state index is 10.9. The predicted octanol–water partition coefficient (Wildman–Crippen LogP) is 5.54. The zero-order valence-corrected chi connectivity index (χ0v) is 14.6. The molecule has 0 bridgehead atoms. The maximum absolute atomic E-state index is 10.9. The first-order valence-corrected chi connectivity index (χ1v) is 9.01. The highest BCUT2D eigenvalue weighted by molar-refractivity contribution is 5.75. The zero-order chi connectivity index (χ0) is 16.9. The van der Waals surface area contributed by atoms with Crippen molar-refractivity contribution >= 4 is 6.29 Å². The molecule has 126 valence electrons. The number of hydrogen-bond acceptors (Lipinski definition) is 2. The minimum atomic E-state index is 0.326. The average Bonchev–Trinajstić information content (AvgIpc) is 3.09. The van der Waals surface area contributed by atoms with E-state index in [0.717, 1.165) is 36.0 Å². The van der Waals surface area contributed by atoms with Gasteiger partial charge in [-0.15, -0.1) is 0 Å². The molecule has 0 heterocycles. The fourth-order valence-electron chi connectivity index (χ4n) is 3.55. The van der Waals surface area contributed by atoms with Crippen molar-refractivity contribution in [3.63, 3.8) is 0 Å². The van der Waals surface area contributed by atoms with Crippen LogP contribution in [-0.4, -0.2) is 12.4 Å². The third-order valence-electron chi connectivity index (χ3n) is 4.83. The van der Waals surface area contributed by atoms with E-state index in [0.29, 0.717) is 18.4 Å². The molecular weight excluding hydrogens is 296 g/mol. The summed E-state index contributed by atoms with van der Waals surface area (Å²) in [7, 11) is 0. The molecule has 0 atom stereocenters. The van der Waals surface area contributed by atoms with Crippen molar-refractivity contribution in [1.29, 1.82) is 0 Å². The fourth-order valence-corrected chi connectivity index (χ4v) is 3.55. The largest absolute Gasteiger partial charge is 0.490 e. The summed E-state index contributed by atoms with van der Waals surface area (Å²) in [5.41, 5.74) is 4.69. The first kappa shape index (κ1) is 16.8. The molecule has 2 heteroatoms. The van der Waals surface area contributed by atoms with Gasteiger partial charge in [0, 0.05) is 12.0 Å². The summed E-state index contributed by atoms with van der Waals surface area (Å²) in [6.45, 7) is 4.43. The van der Waals surface area contributed by atoms with E-state index < -0.39 is 0 Å². The third-order valence-corrected chi connectivity index (χ3v) is 4.83. The van der Waals surface area contributed by atoms with Gasteiger partial charge in [-0.3, -0.25) is 0 Å². The van der Waals surface area contributed by atoms with Crippen LogP contribution in [0.2, 0.25) is 0 Å². The van der Waals surface area contributed by atoms with Gasteiger partial charge in [0.05, 0.1) is 6.10 Å². The lowest BCUT2D eigenvalue weighted by Gasteiger charge is -2.20. The molecule has 2 nitrogen and oxygen atoms in total. The number of aldehydes is 1. The van der Waals surface area contributed by atoms with Crippen LogP contribution in [0.15, 0.2) is 42.5 Å². The van der Waals surface area contributed by atoms with Gasteiger partial charge in [0.1, 0.15) is 12.0 Å². The topological polar surface area (TPSA) is 26.3 Å². The van der Waals surface area contributed by atoms with Crippen LogP contribution in [0.5, 0.6) is 5.75 Å². The molecular formula is C22H26O2. The summed E-state index contributed by atoms with van der Waals surface area (Å²) >= 11 is 0. The minimum Gasteiger partial charge on any atom is -0.490 e. The van der Waals surface area contributed by atoms with Gasteiger partial charge in [0.15, 0.2) is 0 Å². The second-order valence-electron chi connectivity index (χ2n) is 6.97. The Balaban J connectivity index is 2.05. The summed E-state index contributed by atoms with van der Waals surface area (Å²) in [6, 6.07) is 14.7. The standard InChI is InChI=1S/C22H26O2/c1-16(2)19-9-5-6-10-20(19)21-15-17(13-14-23)11-12-22(21)24-18-7-3-4-8-18/h5-6,9-12,14-16,18H,3-4,7-8,13H2,1-2H3. The third kappa shape index (κ3) is 3.69. The lowest BCUT2D eigenvalue weighted by atomic mass is 9.91. The normalized spacial score (nSPS) is 15.0. The summed E-state index contributed by atoms with van der Waals surface area (Å²) in [5.74, 6) is 1.39. The van der Waals surface area contributed by atoms with E-state index >= 15 is 0 Å². The molecule has 3 rings (SSSR count). The molecule has 0 N–H and O–H groups in total. The molecule has 2 aromatic carbocycles. The maximum Gasteiger partial charge on any atom is 0.127 e. The van der Waals surface area contributed by atoms with E-state index in [1.807, 2.05) is 12.1 Å². The first-order valence-electron chi connectivity index (χ1n) is 9.01. The van der Waals surface area contributed by atoms with Gasteiger partial charge in [-0.1, -0.05) is 44.2 Å². The summed E-state index contributed by atoms with van der Waals surface area (Å²) < 4.78 is 6.34. The van der Waals surface area contributed by atoms with E-state index in [-0.39, 0.29) is 0 Å². The van der Waals surface area contributed by atoms with E-state index in [2.05, 4.69) is 44.2 Å². The molecule has 0 radical (unpaired) electrons. The lowest BCUT2D eigenvalue weighted by molar-refractivity contribution is -0.107. The Hall–Kier alpha value is -2.09. The molecule has 1 fully saturated rings. The average molecular weight is 322 g/mol. The van der Waals surface area contributed by atoms with Crippen LogP contribution in [0.4, 0.5) is 0 Å². The Bertz CT molecular complexity index is 697. The molecule has 1 aliphatic rings. The molecule has 0 unspecified atom stereocenters. The summed E-state index contributed by atoms with van der Waals surface area (Å²) in [6.07, 6.45) is 6.53. The van der Waals surface area contributed by atoms with E-state index in [9.17, 15) is 4.79 Å². The molecule has 1 aliphatic carbocycles. The van der Waals surface area contributed by atoms with E-state index in [1.54, 1.807) is 0 Å². The molecule has 0 aromatic heterocycles. The summed E-state index contributed by atoms with van der Waals surface area (Å²) in [4.78, 5) is 10.9. The van der Waals surface area contributed by atoms with Crippen LogP contribution >= 0.6 is 0 Å². The highest BCUT2D eigenvalue weighted by Gasteiger charge is 2.20. The van der Waals surface area contributed by atoms with Crippen LogP contribution < -0.4 is 4.74 Å². The van der Waals surface area contributed by atoms with E-state index in [4.69, 9.17) is 4.74 Å². The van der Waals surface area contributed by atoms with Crippen LogP contribution in [0, 0.1) is 0 Å². The molecule has 24 heavy (non-hydrogen) atoms. The Kier molecular flexibility index (Phi) is 5.34. The molecule has 1 saturated carbocycles. The van der Waals surface area contributed by atoms with Crippen molar-refractivity contribution in [3.05, 3.63) is 53.6 Å². The second-order valence-corrected chi connectivity index (χ2v) is 6.97. The molecule has 0 amide bonds. The van der Waals surface area contributed by atoms with E-state index in [1.165, 1.54) is 24.0 Å². The highest BCUT2D eigenvalue weighted by Crippen LogP contribution is 2.38. The van der Waals surface area contributed by atoms with Crippen LogP contribution in [0.25, 0.3) is 11.1 Å². The van der Waals surface area contributed by atoms with Crippen LogP contribution in [0.1, 0.15) is 56.6 Å². The van der Waals surface area contributed by atoms with Gasteiger partial charge in [-0.25, -0.2) is 0 Å². The van der Waals surface area contributed by atoms with Crippen molar-refractivity contribution in [2.75, 3.05) is 0 Å². The Labute approximate surface area is 144 Å². The lowest BCUT2D eigenvalue weighted by Crippen LogP contribution is -2.12. The molecule has 0 spiro atoms. The quantitative estimate of drug-likeness (QED) is 0.653. The second kappa shape index (κ2) is 7.65. The van der Waals surface area contributed by atoms with Gasteiger partial charge >= 0.3 is 0 Å². The number of carbonyl (C=O) groups is 1. The van der Waals surface area contributed by atoms with Crippen molar-refractivity contribution in [3.8, 4) is 16.9 Å². The van der Waals surface area contributed by atoms with Gasteiger partial charge < -0.3 is 9.53 Å². The van der Waals surface area contributed by atoms with Crippen LogP contribution in [0.3, 0.4) is 0 Å². The van der Waals surface area contributed by atoms with Crippen molar-refractivity contribution in [2.45, 2.75) is 58.0 Å². The van der Waals surface area contributed by atoms with Crippen molar-refractivity contribution < 1.29 is 9.53 Å². The van der Waals surface area contributed by atoms with Crippen molar-refractivity contribution in [1.82, 2.24) is 0 Å². The molecule has 0 saturated heterocycles. The monoisotopic (exact) mass is 322 g/mol. The van der Waals surface area contributed by atoms with Crippen LogP contribution in [-0.2, 0) is 11.2 Å². The SMILES string of the molecule is CC(C)c1ccccc1-c1cc(CC=O)ccc1OC1CCCC1.